The van der Waals surface area contributed by atoms with Crippen LogP contribution in [-0.2, 0) is 20.9 Å². The molecule has 0 saturated heterocycles. The molecule has 0 aliphatic carbocycles. The molecule has 0 aliphatic heterocycles. The summed E-state index contributed by atoms with van der Waals surface area (Å²) in [6.45, 7) is 3.91. The molecule has 25 heavy (non-hydrogen) atoms. The second kappa shape index (κ2) is 13.4. The number of carbonyl (C=O) groups is 2. The summed E-state index contributed by atoms with van der Waals surface area (Å²) in [6, 6.07) is 9.74. The minimum atomic E-state index is -0.255. The van der Waals surface area contributed by atoms with Crippen molar-refractivity contribution in [3.05, 3.63) is 35.9 Å². The third-order valence-corrected chi connectivity index (χ3v) is 3.82. The minimum Gasteiger partial charge on any atom is -0.466 e. The molecular formula is C19H31N3O3. The lowest BCUT2D eigenvalue weighted by atomic mass is 10.1. The number of amides is 1. The molecule has 1 unspecified atom stereocenters. The summed E-state index contributed by atoms with van der Waals surface area (Å²) in [5.74, 6) is -0.254. The zero-order chi connectivity index (χ0) is 18.3. The number of ether oxygens (including phenoxy) is 1. The standard InChI is InChI=1S/C19H31N3O3/c1-2-25-18(23)12-8-14-21-19(24)17(11-6-7-13-20)22-15-16-9-4-3-5-10-16/h3-5,9-10,17,22H,2,6-8,11-15,20H2,1H3,(H,21,24). The number of rotatable bonds is 13. The molecule has 6 heteroatoms. The quantitative estimate of drug-likeness (QED) is 0.372. The molecule has 0 spiro atoms. The topological polar surface area (TPSA) is 93.5 Å². The fourth-order valence-corrected chi connectivity index (χ4v) is 2.46. The summed E-state index contributed by atoms with van der Waals surface area (Å²) in [4.78, 5) is 23.7. The van der Waals surface area contributed by atoms with Crippen molar-refractivity contribution in [3.63, 3.8) is 0 Å². The van der Waals surface area contributed by atoms with Gasteiger partial charge in [-0.15, -0.1) is 0 Å². The number of hydrogen-bond acceptors (Lipinski definition) is 5. The van der Waals surface area contributed by atoms with Crippen molar-refractivity contribution in [2.24, 2.45) is 5.73 Å². The molecule has 0 bridgehead atoms. The maximum Gasteiger partial charge on any atom is 0.305 e. The Labute approximate surface area is 150 Å². The number of benzene rings is 1. The van der Waals surface area contributed by atoms with Crippen molar-refractivity contribution in [3.8, 4) is 0 Å². The average molecular weight is 349 g/mol. The van der Waals surface area contributed by atoms with Gasteiger partial charge in [0.1, 0.15) is 0 Å². The Morgan fingerprint density at radius 3 is 2.60 bits per heavy atom. The number of unbranched alkanes of at least 4 members (excludes halogenated alkanes) is 1. The van der Waals surface area contributed by atoms with Gasteiger partial charge in [0, 0.05) is 19.5 Å². The van der Waals surface area contributed by atoms with E-state index in [0.717, 1.165) is 24.8 Å². The molecule has 6 nitrogen and oxygen atoms in total. The Hall–Kier alpha value is -1.92. The van der Waals surface area contributed by atoms with Gasteiger partial charge in [-0.25, -0.2) is 0 Å². The Balaban J connectivity index is 2.39. The molecule has 1 amide bonds. The monoisotopic (exact) mass is 349 g/mol. The zero-order valence-corrected chi connectivity index (χ0v) is 15.1. The fraction of sp³-hybridized carbons (Fsp3) is 0.579. The smallest absolute Gasteiger partial charge is 0.305 e. The Morgan fingerprint density at radius 1 is 1.16 bits per heavy atom. The highest BCUT2D eigenvalue weighted by Crippen LogP contribution is 2.04. The van der Waals surface area contributed by atoms with E-state index in [1.807, 2.05) is 30.3 Å². The van der Waals surface area contributed by atoms with E-state index in [2.05, 4.69) is 10.6 Å². The predicted molar refractivity (Wildman–Crippen MR) is 98.9 cm³/mol. The van der Waals surface area contributed by atoms with Crippen molar-refractivity contribution in [2.45, 2.75) is 51.6 Å². The van der Waals surface area contributed by atoms with Crippen molar-refractivity contribution in [1.82, 2.24) is 10.6 Å². The predicted octanol–water partition coefficient (Wildman–Crippen LogP) is 1.73. The van der Waals surface area contributed by atoms with Gasteiger partial charge in [0.25, 0.3) is 0 Å². The molecule has 0 aromatic heterocycles. The number of nitrogens with one attached hydrogen (secondary N) is 2. The van der Waals surface area contributed by atoms with Gasteiger partial charge >= 0.3 is 5.97 Å². The number of hydrogen-bond donors (Lipinski definition) is 3. The SMILES string of the molecule is CCOC(=O)CCCNC(=O)C(CCCCN)NCc1ccccc1. The number of carbonyl (C=O) groups excluding carboxylic acids is 2. The van der Waals surface area contributed by atoms with Gasteiger partial charge in [-0.05, 0) is 38.3 Å². The first-order chi connectivity index (χ1) is 12.2. The van der Waals surface area contributed by atoms with Crippen LogP contribution < -0.4 is 16.4 Å². The molecule has 4 N–H and O–H groups in total. The van der Waals surface area contributed by atoms with Crippen LogP contribution in [0.1, 0.15) is 44.6 Å². The van der Waals surface area contributed by atoms with E-state index in [1.165, 1.54) is 0 Å². The maximum atomic E-state index is 12.4. The molecular weight excluding hydrogens is 318 g/mol. The molecule has 0 radical (unpaired) electrons. The lowest BCUT2D eigenvalue weighted by Crippen LogP contribution is -2.44. The minimum absolute atomic E-state index is 0.0307. The van der Waals surface area contributed by atoms with Crippen molar-refractivity contribution in [1.29, 1.82) is 0 Å². The maximum absolute atomic E-state index is 12.4. The van der Waals surface area contributed by atoms with Crippen molar-refractivity contribution < 1.29 is 14.3 Å². The first-order valence-corrected chi connectivity index (χ1v) is 9.08. The van der Waals surface area contributed by atoms with Crippen LogP contribution in [0, 0.1) is 0 Å². The highest BCUT2D eigenvalue weighted by atomic mass is 16.5. The largest absolute Gasteiger partial charge is 0.466 e. The second-order valence-corrected chi connectivity index (χ2v) is 5.90. The first kappa shape index (κ1) is 21.1. The van der Waals surface area contributed by atoms with Crippen LogP contribution in [0.15, 0.2) is 30.3 Å². The van der Waals surface area contributed by atoms with Crippen LogP contribution >= 0.6 is 0 Å². The highest BCUT2D eigenvalue weighted by molar-refractivity contribution is 5.81. The second-order valence-electron chi connectivity index (χ2n) is 5.90. The average Bonchev–Trinajstić information content (AvgIpc) is 2.62. The zero-order valence-electron chi connectivity index (χ0n) is 15.1. The van der Waals surface area contributed by atoms with E-state index in [4.69, 9.17) is 10.5 Å². The van der Waals surface area contributed by atoms with Gasteiger partial charge < -0.3 is 21.1 Å². The summed E-state index contributed by atoms with van der Waals surface area (Å²) in [7, 11) is 0. The van der Waals surface area contributed by atoms with Crippen molar-refractivity contribution in [2.75, 3.05) is 19.7 Å². The molecule has 1 atom stereocenters. The van der Waals surface area contributed by atoms with Gasteiger partial charge in [0.2, 0.25) is 5.91 Å². The molecule has 0 fully saturated rings. The highest BCUT2D eigenvalue weighted by Gasteiger charge is 2.17. The van der Waals surface area contributed by atoms with E-state index >= 15 is 0 Å². The molecule has 1 rings (SSSR count). The summed E-state index contributed by atoms with van der Waals surface area (Å²) >= 11 is 0. The molecule has 1 aromatic rings. The summed E-state index contributed by atoms with van der Waals surface area (Å²) < 4.78 is 4.87. The third-order valence-electron chi connectivity index (χ3n) is 3.82. The van der Waals surface area contributed by atoms with Gasteiger partial charge in [-0.3, -0.25) is 9.59 Å². The van der Waals surface area contributed by atoms with E-state index in [0.29, 0.717) is 39.1 Å². The van der Waals surface area contributed by atoms with Gasteiger partial charge in [0.15, 0.2) is 0 Å². The summed E-state index contributed by atoms with van der Waals surface area (Å²) in [5.41, 5.74) is 6.68. The van der Waals surface area contributed by atoms with E-state index in [1.54, 1.807) is 6.92 Å². The summed E-state index contributed by atoms with van der Waals surface area (Å²) in [6.07, 6.45) is 3.45. The van der Waals surface area contributed by atoms with Crippen LogP contribution in [-0.4, -0.2) is 37.6 Å². The van der Waals surface area contributed by atoms with Gasteiger partial charge in [0.05, 0.1) is 12.6 Å². The normalized spacial score (nSPS) is 11.8. The Bertz CT molecular complexity index is 494. The van der Waals surface area contributed by atoms with Gasteiger partial charge in [-0.1, -0.05) is 36.8 Å². The molecule has 1 aromatic carbocycles. The van der Waals surface area contributed by atoms with Crippen LogP contribution in [0.2, 0.25) is 0 Å². The van der Waals surface area contributed by atoms with Crippen LogP contribution in [0.25, 0.3) is 0 Å². The van der Waals surface area contributed by atoms with Crippen LogP contribution in [0.5, 0.6) is 0 Å². The molecule has 0 heterocycles. The Kier molecular flexibility index (Phi) is 11.3. The summed E-state index contributed by atoms with van der Waals surface area (Å²) in [5, 5.41) is 6.22. The third kappa shape index (κ3) is 9.84. The lowest BCUT2D eigenvalue weighted by molar-refractivity contribution is -0.143. The first-order valence-electron chi connectivity index (χ1n) is 9.08. The number of nitrogens with two attached hydrogens (primary N) is 1. The molecule has 0 aliphatic rings. The molecule has 0 saturated carbocycles. The lowest BCUT2D eigenvalue weighted by Gasteiger charge is -2.18. The van der Waals surface area contributed by atoms with Gasteiger partial charge in [-0.2, -0.15) is 0 Å². The van der Waals surface area contributed by atoms with E-state index < -0.39 is 0 Å². The van der Waals surface area contributed by atoms with Crippen LogP contribution in [0.4, 0.5) is 0 Å². The van der Waals surface area contributed by atoms with E-state index in [-0.39, 0.29) is 17.9 Å². The Morgan fingerprint density at radius 2 is 1.92 bits per heavy atom. The number of esters is 1. The molecule has 140 valence electrons. The van der Waals surface area contributed by atoms with E-state index in [9.17, 15) is 9.59 Å². The van der Waals surface area contributed by atoms with Crippen LogP contribution in [0.3, 0.4) is 0 Å². The fourth-order valence-electron chi connectivity index (χ4n) is 2.46. The van der Waals surface area contributed by atoms with Crippen molar-refractivity contribution >= 4 is 11.9 Å².